The Morgan fingerprint density at radius 1 is 0.588 bits per heavy atom. The molecule has 0 saturated carbocycles. The first-order chi connectivity index (χ1) is 16.4. The summed E-state index contributed by atoms with van der Waals surface area (Å²) in [6.45, 7) is 7.77. The van der Waals surface area contributed by atoms with Crippen LogP contribution < -0.4 is 5.73 Å². The quantitative estimate of drug-likeness (QED) is 0.0845. The highest BCUT2D eigenvalue weighted by molar-refractivity contribution is 7.46. The molecule has 0 rings (SSSR count). The molecule has 4 N–H and O–H groups in total. The largest absolute Gasteiger partial charge is 0.469 e. The van der Waals surface area contributed by atoms with Crippen LogP contribution >= 0.6 is 7.82 Å². The third-order valence-corrected chi connectivity index (χ3v) is 6.95. The van der Waals surface area contributed by atoms with Gasteiger partial charge >= 0.3 is 7.82 Å². The van der Waals surface area contributed by atoms with Crippen LogP contribution in [0.2, 0.25) is 0 Å². The Morgan fingerprint density at radius 3 is 1.24 bits per heavy atom. The van der Waals surface area contributed by atoms with E-state index in [1.54, 1.807) is 0 Å². The number of unbranched alkanes of at least 4 members (excludes halogenated alkanes) is 17. The monoisotopic (exact) mass is 507 g/mol. The fourth-order valence-electron chi connectivity index (χ4n) is 4.22. The highest BCUT2D eigenvalue weighted by Crippen LogP contribution is 2.37. The Kier molecular flexibility index (Phi) is 31.2. The molecule has 0 aliphatic carbocycles. The molecule has 0 spiro atoms. The summed E-state index contributed by atoms with van der Waals surface area (Å²) in [6.07, 6.45) is 28.0. The smallest absolute Gasteiger partial charge is 0.330 e. The van der Waals surface area contributed by atoms with E-state index in [1.165, 1.54) is 116 Å². The summed E-state index contributed by atoms with van der Waals surface area (Å²) in [6, 6.07) is 0. The molecule has 0 radical (unpaired) electrons. The summed E-state index contributed by atoms with van der Waals surface area (Å²) in [4.78, 5) is 17.9. The maximum Gasteiger partial charge on any atom is 0.469 e. The molecule has 208 valence electrons. The molecule has 1 unspecified atom stereocenters. The number of hydrogen-bond donors (Lipinski definition) is 3. The van der Waals surface area contributed by atoms with Gasteiger partial charge in [0.05, 0.1) is 6.61 Å². The van der Waals surface area contributed by atoms with Crippen molar-refractivity contribution >= 4 is 7.82 Å². The van der Waals surface area contributed by atoms with Crippen molar-refractivity contribution in [1.82, 2.24) is 0 Å². The van der Waals surface area contributed by atoms with Gasteiger partial charge in [0, 0.05) is 0 Å². The van der Waals surface area contributed by atoms with E-state index in [2.05, 4.69) is 20.8 Å². The average molecular weight is 508 g/mol. The van der Waals surface area contributed by atoms with E-state index in [0.717, 1.165) is 32.2 Å². The Hall–Kier alpha value is 0.0700. The molecule has 0 bridgehead atoms. The summed E-state index contributed by atoms with van der Waals surface area (Å²) in [7, 11) is -4.33. The molecule has 0 aromatic heterocycles. The molecule has 0 heterocycles. The minimum absolute atomic E-state index is 0.204. The van der Waals surface area contributed by atoms with Crippen molar-refractivity contribution < 1.29 is 18.9 Å². The summed E-state index contributed by atoms with van der Waals surface area (Å²) in [5.74, 6) is 0.291. The summed E-state index contributed by atoms with van der Waals surface area (Å²) in [5.41, 5.74) is 5.34. The van der Waals surface area contributed by atoms with Crippen LogP contribution in [0, 0.1) is 5.92 Å². The number of nitrogens with two attached hydrogens (primary N) is 1. The third-order valence-electron chi connectivity index (χ3n) is 6.47. The second kappa shape index (κ2) is 29.3. The van der Waals surface area contributed by atoms with Gasteiger partial charge in [-0.15, -0.1) is 0 Å². The van der Waals surface area contributed by atoms with E-state index in [0.29, 0.717) is 5.92 Å². The van der Waals surface area contributed by atoms with Gasteiger partial charge in [0.15, 0.2) is 0 Å². The first-order valence-corrected chi connectivity index (χ1v) is 16.3. The first kappa shape index (κ1) is 36.2. The van der Waals surface area contributed by atoms with Crippen molar-refractivity contribution in [2.75, 3.05) is 13.2 Å². The number of rotatable bonds is 25. The summed E-state index contributed by atoms with van der Waals surface area (Å²) >= 11 is 0. The van der Waals surface area contributed by atoms with Crippen LogP contribution in [0.25, 0.3) is 0 Å². The molecule has 5 nitrogen and oxygen atoms in total. The van der Waals surface area contributed by atoms with Crippen molar-refractivity contribution in [2.45, 2.75) is 162 Å². The van der Waals surface area contributed by atoms with Gasteiger partial charge in [-0.1, -0.05) is 143 Å². The lowest BCUT2D eigenvalue weighted by Gasteiger charge is -2.17. The number of phosphoric ester groups is 1. The van der Waals surface area contributed by atoms with E-state index < -0.39 is 7.82 Å². The predicted octanol–water partition coefficient (Wildman–Crippen LogP) is 9.30. The molecule has 0 saturated heterocycles. The lowest BCUT2D eigenvalue weighted by Crippen LogP contribution is -2.09. The van der Waals surface area contributed by atoms with Crippen molar-refractivity contribution in [1.29, 1.82) is 0 Å². The van der Waals surface area contributed by atoms with Crippen LogP contribution in [-0.2, 0) is 9.09 Å². The zero-order valence-electron chi connectivity index (χ0n) is 23.3. The summed E-state index contributed by atoms with van der Waals surface area (Å²) in [5, 5.41) is 0. The average Bonchev–Trinajstić information content (AvgIpc) is 2.80. The lowest BCUT2D eigenvalue weighted by atomic mass is 9.95. The lowest BCUT2D eigenvalue weighted by molar-refractivity contribution is 0.157. The van der Waals surface area contributed by atoms with Crippen molar-refractivity contribution in [3.63, 3.8) is 0 Å². The van der Waals surface area contributed by atoms with E-state index in [-0.39, 0.29) is 6.61 Å². The van der Waals surface area contributed by atoms with Crippen molar-refractivity contribution in [3.05, 3.63) is 0 Å². The molecule has 0 aliphatic heterocycles. The molecule has 0 amide bonds. The van der Waals surface area contributed by atoms with Crippen LogP contribution in [0.3, 0.4) is 0 Å². The Bertz CT molecular complexity index is 411. The van der Waals surface area contributed by atoms with Crippen LogP contribution in [0.15, 0.2) is 0 Å². The minimum Gasteiger partial charge on any atom is -0.330 e. The normalized spacial score (nSPS) is 12.4. The van der Waals surface area contributed by atoms with Crippen LogP contribution in [-0.4, -0.2) is 22.9 Å². The molecular formula is C28H62NO4P. The van der Waals surface area contributed by atoms with Gasteiger partial charge in [0.25, 0.3) is 0 Å². The fraction of sp³-hybridized carbons (Fsp3) is 1.00. The van der Waals surface area contributed by atoms with Crippen LogP contribution in [0.4, 0.5) is 0 Å². The van der Waals surface area contributed by atoms with Crippen molar-refractivity contribution in [3.8, 4) is 0 Å². The number of hydrogen-bond acceptors (Lipinski definition) is 3. The van der Waals surface area contributed by atoms with Gasteiger partial charge in [0.1, 0.15) is 0 Å². The topological polar surface area (TPSA) is 92.8 Å². The van der Waals surface area contributed by atoms with Gasteiger partial charge in [-0.3, -0.25) is 4.52 Å². The van der Waals surface area contributed by atoms with Gasteiger partial charge in [0.2, 0.25) is 0 Å². The molecular weight excluding hydrogens is 445 g/mol. The second-order valence-corrected chi connectivity index (χ2v) is 11.3. The SMILES string of the molecule is CCCCCCCCCCC(CCCCCCCC)COP(=O)(O)O.CCCCCCCCN. The van der Waals surface area contributed by atoms with Crippen LogP contribution in [0.1, 0.15) is 162 Å². The fourth-order valence-corrected chi connectivity index (χ4v) is 4.62. The standard InChI is InChI=1S/C20H43O4P.C8H19N/c1-3-5-7-9-11-12-14-16-18-20(19-24-25(21,22)23)17-15-13-10-8-6-4-2;1-2-3-4-5-6-7-8-9/h20H,3-19H2,1-2H3,(H2,21,22,23);2-9H2,1H3. The highest BCUT2D eigenvalue weighted by atomic mass is 31.2. The van der Waals surface area contributed by atoms with Gasteiger partial charge < -0.3 is 15.5 Å². The predicted molar refractivity (Wildman–Crippen MR) is 149 cm³/mol. The Labute approximate surface area is 213 Å². The van der Waals surface area contributed by atoms with E-state index in [1.807, 2.05) is 0 Å². The van der Waals surface area contributed by atoms with E-state index in [9.17, 15) is 4.57 Å². The molecule has 6 heteroatoms. The molecule has 0 aromatic carbocycles. The maximum atomic E-state index is 11.0. The molecule has 0 aliphatic rings. The van der Waals surface area contributed by atoms with E-state index >= 15 is 0 Å². The molecule has 0 fully saturated rings. The summed E-state index contributed by atoms with van der Waals surface area (Å²) < 4.78 is 15.7. The molecule has 1 atom stereocenters. The minimum atomic E-state index is -4.33. The molecule has 34 heavy (non-hydrogen) atoms. The van der Waals surface area contributed by atoms with Gasteiger partial charge in [-0.2, -0.15) is 0 Å². The van der Waals surface area contributed by atoms with Gasteiger partial charge in [-0.25, -0.2) is 4.57 Å². The highest BCUT2D eigenvalue weighted by Gasteiger charge is 2.18. The molecule has 0 aromatic rings. The zero-order valence-corrected chi connectivity index (χ0v) is 24.2. The second-order valence-electron chi connectivity index (χ2n) is 10.0. The van der Waals surface area contributed by atoms with E-state index in [4.69, 9.17) is 20.0 Å². The first-order valence-electron chi connectivity index (χ1n) is 14.8. The van der Waals surface area contributed by atoms with Gasteiger partial charge in [-0.05, 0) is 31.7 Å². The maximum absolute atomic E-state index is 11.0. The third kappa shape index (κ3) is 34.2. The number of phosphoric acid groups is 1. The Morgan fingerprint density at radius 2 is 0.912 bits per heavy atom. The zero-order chi connectivity index (χ0) is 25.8. The van der Waals surface area contributed by atoms with Crippen LogP contribution in [0.5, 0.6) is 0 Å². The Balaban J connectivity index is 0. The van der Waals surface area contributed by atoms with Crippen molar-refractivity contribution in [2.24, 2.45) is 11.7 Å².